The second-order valence-electron chi connectivity index (χ2n) is 10.8. The van der Waals surface area contributed by atoms with Crippen molar-refractivity contribution in [1.29, 1.82) is 0 Å². The Labute approximate surface area is 229 Å². The normalized spacial score (nSPS) is 15.4. The predicted octanol–water partition coefficient (Wildman–Crippen LogP) is -0.358. The van der Waals surface area contributed by atoms with Crippen LogP contribution in [-0.4, -0.2) is 70.6 Å². The molecule has 0 aromatic rings. The Morgan fingerprint density at radius 2 is 0.974 bits per heavy atom. The molecular weight excluding hydrogens is 512 g/mol. The molecule has 0 rings (SSSR count). The average Bonchev–Trinajstić information content (AvgIpc) is 2.79. The Hall–Kier alpha value is -2.67. The summed E-state index contributed by atoms with van der Waals surface area (Å²) in [6.45, 7) is 15.3. The molecule has 0 fully saturated rings. The zero-order valence-corrected chi connectivity index (χ0v) is 24.7. The lowest BCUT2D eigenvalue weighted by Crippen LogP contribution is -2.58. The highest BCUT2D eigenvalue weighted by Crippen LogP contribution is 2.15. The van der Waals surface area contributed by atoms with E-state index in [1.807, 2.05) is 0 Å². The van der Waals surface area contributed by atoms with E-state index in [0.717, 1.165) is 11.8 Å². The summed E-state index contributed by atoms with van der Waals surface area (Å²) in [6.07, 6.45) is 0. The Balaban J connectivity index is 5.25. The third-order valence-corrected chi connectivity index (χ3v) is 6.85. The Kier molecular flexibility index (Phi) is 15.2. The Morgan fingerprint density at radius 3 is 1.34 bits per heavy atom. The molecule has 0 bridgehead atoms. The first-order chi connectivity index (χ1) is 17.4. The summed E-state index contributed by atoms with van der Waals surface area (Å²) in [5, 5.41) is 10.1. The maximum absolute atomic E-state index is 12.9. The highest BCUT2D eigenvalue weighted by Gasteiger charge is 2.33. The monoisotopic (exact) mass is 558 g/mol. The van der Waals surface area contributed by atoms with E-state index < -0.39 is 53.8 Å². The molecule has 38 heavy (non-hydrogen) atoms. The molecule has 0 aliphatic carbocycles. The van der Waals surface area contributed by atoms with Crippen LogP contribution < -0.4 is 32.7 Å². The van der Waals surface area contributed by atoms with E-state index in [-0.39, 0.29) is 40.4 Å². The first-order valence-corrected chi connectivity index (χ1v) is 13.8. The van der Waals surface area contributed by atoms with E-state index in [0.29, 0.717) is 0 Å². The fourth-order valence-electron chi connectivity index (χ4n) is 3.44. The van der Waals surface area contributed by atoms with Gasteiger partial charge in [-0.1, -0.05) is 67.2 Å². The van der Waals surface area contributed by atoms with Crippen LogP contribution in [0.5, 0.6) is 0 Å². The molecule has 0 aromatic heterocycles. The van der Waals surface area contributed by atoms with Gasteiger partial charge in [0.15, 0.2) is 0 Å². The minimum Gasteiger partial charge on any atom is -0.368 e. The van der Waals surface area contributed by atoms with E-state index in [4.69, 9.17) is 11.5 Å². The van der Waals surface area contributed by atoms with Gasteiger partial charge in [0.1, 0.15) is 24.2 Å². The molecule has 0 aromatic carbocycles. The molecule has 0 heterocycles. The average molecular weight is 559 g/mol. The topological polar surface area (TPSA) is 203 Å². The summed E-state index contributed by atoms with van der Waals surface area (Å²) in [5.74, 6) is -3.85. The van der Waals surface area contributed by atoms with E-state index in [1.165, 1.54) is 6.92 Å². The molecule has 5 amide bonds. The number of hydrogen-bond donors (Lipinski definition) is 6. The summed E-state index contributed by atoms with van der Waals surface area (Å²) >= 11 is 0.799. The molecule has 0 saturated heterocycles. The van der Waals surface area contributed by atoms with Gasteiger partial charge in [0.05, 0.1) is 6.04 Å². The fraction of sp³-hybridized carbons (Fsp3) is 0.760. The Bertz CT molecular complexity index is 863. The van der Waals surface area contributed by atoms with Crippen molar-refractivity contribution in [3.05, 3.63) is 0 Å². The summed E-state index contributed by atoms with van der Waals surface area (Å²) < 4.78 is 0. The highest BCUT2D eigenvalue weighted by molar-refractivity contribution is 8.13. The number of rotatable bonds is 15. The molecule has 8 N–H and O–H groups in total. The van der Waals surface area contributed by atoms with Crippen LogP contribution in [0.2, 0.25) is 0 Å². The number of thioether (sulfide) groups is 1. The standard InChI is InChI=1S/C25H46N6O6S/c1-11(2)17(21(27)33)29-24(36)19(13(5)6)30-22(34)16(26)10-38-25(37)20(14(7)8)31-23(35)18(12(3)4)28-15(9)32/h11-14,16-20H,10,26H2,1-9H3,(H2,27,33)(H,28,32)(H,29,36)(H,30,34)(H,31,35)/t16-,17-,18-,19-,20-/m0/s1. The van der Waals surface area contributed by atoms with Crippen LogP contribution in [-0.2, 0) is 28.8 Å². The van der Waals surface area contributed by atoms with Crippen LogP contribution in [0.1, 0.15) is 62.3 Å². The van der Waals surface area contributed by atoms with Crippen LogP contribution in [0.15, 0.2) is 0 Å². The number of hydrogen-bond acceptors (Lipinski definition) is 8. The first-order valence-electron chi connectivity index (χ1n) is 12.8. The van der Waals surface area contributed by atoms with Crippen LogP contribution in [0.25, 0.3) is 0 Å². The lowest BCUT2D eigenvalue weighted by molar-refractivity contribution is -0.133. The number of carbonyl (C=O) groups is 6. The number of primary amides is 1. The highest BCUT2D eigenvalue weighted by atomic mass is 32.2. The van der Waals surface area contributed by atoms with Gasteiger partial charge in [0.2, 0.25) is 34.7 Å². The second kappa shape index (κ2) is 16.3. The van der Waals surface area contributed by atoms with Gasteiger partial charge in [0, 0.05) is 12.7 Å². The van der Waals surface area contributed by atoms with Crippen LogP contribution >= 0.6 is 11.8 Å². The van der Waals surface area contributed by atoms with Gasteiger partial charge in [0.25, 0.3) is 0 Å². The SMILES string of the molecule is CC(=O)N[C@H](C(=O)N[C@H](C(=O)SC[C@H](N)C(=O)N[C@H](C(=O)N[C@H](C(N)=O)C(C)C)C(C)C)C(C)C)C(C)C. The molecule has 0 spiro atoms. The number of amides is 5. The Morgan fingerprint density at radius 1 is 0.605 bits per heavy atom. The maximum atomic E-state index is 12.9. The van der Waals surface area contributed by atoms with Crippen LogP contribution in [0, 0.1) is 23.7 Å². The van der Waals surface area contributed by atoms with Crippen molar-refractivity contribution in [3.63, 3.8) is 0 Å². The van der Waals surface area contributed by atoms with Gasteiger partial charge in [-0.05, 0) is 23.7 Å². The van der Waals surface area contributed by atoms with Crippen molar-refractivity contribution < 1.29 is 28.8 Å². The molecule has 13 heteroatoms. The van der Waals surface area contributed by atoms with Gasteiger partial charge in [-0.25, -0.2) is 0 Å². The largest absolute Gasteiger partial charge is 0.368 e. The van der Waals surface area contributed by atoms with Gasteiger partial charge in [-0.3, -0.25) is 28.8 Å². The maximum Gasteiger partial charge on any atom is 0.243 e. The van der Waals surface area contributed by atoms with E-state index in [2.05, 4.69) is 21.3 Å². The molecule has 0 radical (unpaired) electrons. The minimum absolute atomic E-state index is 0.0919. The van der Waals surface area contributed by atoms with Crippen molar-refractivity contribution in [2.75, 3.05) is 5.75 Å². The van der Waals surface area contributed by atoms with Gasteiger partial charge in [-0.2, -0.15) is 0 Å². The summed E-state index contributed by atoms with van der Waals surface area (Å²) in [7, 11) is 0. The van der Waals surface area contributed by atoms with E-state index >= 15 is 0 Å². The third-order valence-electron chi connectivity index (χ3n) is 5.79. The predicted molar refractivity (Wildman–Crippen MR) is 147 cm³/mol. The smallest absolute Gasteiger partial charge is 0.243 e. The zero-order chi connectivity index (χ0) is 29.9. The van der Waals surface area contributed by atoms with Crippen molar-refractivity contribution in [1.82, 2.24) is 21.3 Å². The lowest BCUT2D eigenvalue weighted by Gasteiger charge is -2.27. The molecule has 218 valence electrons. The van der Waals surface area contributed by atoms with E-state index in [1.54, 1.807) is 55.4 Å². The third kappa shape index (κ3) is 11.8. The molecular formula is C25H46N6O6S. The quantitative estimate of drug-likeness (QED) is 0.156. The fourth-order valence-corrected chi connectivity index (χ4v) is 4.44. The summed E-state index contributed by atoms with van der Waals surface area (Å²) in [5.41, 5.74) is 11.4. The first kappa shape index (κ1) is 35.3. The molecule has 0 unspecified atom stereocenters. The lowest BCUT2D eigenvalue weighted by atomic mass is 9.99. The second-order valence-corrected chi connectivity index (χ2v) is 11.8. The molecule has 0 aliphatic rings. The minimum atomic E-state index is -1.12. The summed E-state index contributed by atoms with van der Waals surface area (Å²) in [4.78, 5) is 74.3. The molecule has 12 nitrogen and oxygen atoms in total. The van der Waals surface area contributed by atoms with Gasteiger partial charge in [-0.15, -0.1) is 0 Å². The van der Waals surface area contributed by atoms with Crippen LogP contribution in [0.3, 0.4) is 0 Å². The van der Waals surface area contributed by atoms with Crippen molar-refractivity contribution in [3.8, 4) is 0 Å². The number of nitrogens with two attached hydrogens (primary N) is 2. The summed E-state index contributed by atoms with van der Waals surface area (Å²) in [6, 6.07) is -4.66. The molecule has 0 aliphatic heterocycles. The van der Waals surface area contributed by atoms with Crippen LogP contribution in [0.4, 0.5) is 0 Å². The molecule has 5 atom stereocenters. The van der Waals surface area contributed by atoms with Gasteiger partial charge >= 0.3 is 0 Å². The van der Waals surface area contributed by atoms with E-state index in [9.17, 15) is 28.8 Å². The zero-order valence-electron chi connectivity index (χ0n) is 23.9. The van der Waals surface area contributed by atoms with Crippen molar-refractivity contribution in [2.45, 2.75) is 92.5 Å². The number of nitrogens with one attached hydrogen (secondary N) is 4. The van der Waals surface area contributed by atoms with Crippen molar-refractivity contribution >= 4 is 46.4 Å². The molecule has 0 saturated carbocycles. The van der Waals surface area contributed by atoms with Gasteiger partial charge < -0.3 is 32.7 Å². The number of carbonyl (C=O) groups excluding carboxylic acids is 6. The van der Waals surface area contributed by atoms with Crippen molar-refractivity contribution in [2.24, 2.45) is 35.1 Å².